The number of rotatable bonds is 5. The fourth-order valence-corrected chi connectivity index (χ4v) is 4.04. The molecule has 0 bridgehead atoms. The third-order valence-corrected chi connectivity index (χ3v) is 5.66. The van der Waals surface area contributed by atoms with E-state index in [0.717, 1.165) is 49.3 Å². The van der Waals surface area contributed by atoms with Crippen molar-refractivity contribution in [2.75, 3.05) is 18.4 Å². The summed E-state index contributed by atoms with van der Waals surface area (Å²) in [6.07, 6.45) is 4.70. The molecule has 3 aromatic rings. The molecule has 0 spiro atoms. The van der Waals surface area contributed by atoms with Crippen LogP contribution < -0.4 is 5.32 Å². The molecule has 2 aromatic heterocycles. The van der Waals surface area contributed by atoms with Gasteiger partial charge in [0.25, 0.3) is 11.8 Å². The number of benzene rings is 1. The van der Waals surface area contributed by atoms with Crippen molar-refractivity contribution >= 4 is 17.5 Å². The van der Waals surface area contributed by atoms with E-state index >= 15 is 0 Å². The van der Waals surface area contributed by atoms with E-state index in [1.807, 2.05) is 47.7 Å². The molecule has 1 aliphatic rings. The summed E-state index contributed by atoms with van der Waals surface area (Å²) in [6.45, 7) is 6.05. The largest absolute Gasteiger partial charge is 0.337 e. The van der Waals surface area contributed by atoms with Crippen LogP contribution in [0.15, 0.2) is 36.5 Å². The number of piperidine rings is 1. The number of nitrogens with zero attached hydrogens (tertiary/aromatic N) is 5. The zero-order chi connectivity index (χ0) is 22.0. The molecule has 0 radical (unpaired) electrons. The maximum Gasteiger partial charge on any atom is 0.274 e. The Kier molecular flexibility index (Phi) is 5.88. The first-order chi connectivity index (χ1) is 14.9. The summed E-state index contributed by atoms with van der Waals surface area (Å²) in [7, 11) is 1.72. The van der Waals surface area contributed by atoms with Gasteiger partial charge < -0.3 is 10.2 Å². The van der Waals surface area contributed by atoms with Crippen LogP contribution in [0, 0.1) is 13.8 Å². The highest BCUT2D eigenvalue weighted by Gasteiger charge is 2.25. The van der Waals surface area contributed by atoms with Crippen molar-refractivity contribution in [3.63, 3.8) is 0 Å². The lowest BCUT2D eigenvalue weighted by Crippen LogP contribution is -2.37. The first-order valence-corrected chi connectivity index (χ1v) is 10.6. The van der Waals surface area contributed by atoms with E-state index in [4.69, 9.17) is 0 Å². The van der Waals surface area contributed by atoms with Crippen LogP contribution in [0.3, 0.4) is 0 Å². The van der Waals surface area contributed by atoms with Crippen LogP contribution in [0.5, 0.6) is 0 Å². The first kappa shape index (κ1) is 20.8. The van der Waals surface area contributed by atoms with Crippen LogP contribution in [0.25, 0.3) is 0 Å². The molecular formula is C23H28N6O2. The summed E-state index contributed by atoms with van der Waals surface area (Å²) in [5.74, 6) is -0.357. The summed E-state index contributed by atoms with van der Waals surface area (Å²) in [6, 6.07) is 9.48. The molecule has 3 heterocycles. The van der Waals surface area contributed by atoms with Crippen LogP contribution in [-0.4, -0.2) is 49.4 Å². The van der Waals surface area contributed by atoms with Gasteiger partial charge in [0.15, 0.2) is 0 Å². The number of carbonyl (C=O) groups is 2. The molecule has 1 saturated heterocycles. The minimum atomic E-state index is -0.268. The van der Waals surface area contributed by atoms with Crippen LogP contribution in [-0.2, 0) is 13.6 Å². The molecular weight excluding hydrogens is 392 g/mol. The van der Waals surface area contributed by atoms with Gasteiger partial charge in [-0.25, -0.2) is 0 Å². The molecule has 1 aliphatic heterocycles. The number of likely N-dealkylation sites (tertiary alicyclic amines) is 1. The standard InChI is InChI=1S/C23H28N6O2/c1-16-12-17(2)29(26-16)15-18-8-7-9-19(13-18)22(30)25-20-14-24-27(3)21(20)23(31)28-10-5-4-6-11-28/h7-9,12-14H,4-6,10-11,15H2,1-3H3,(H,25,30). The second-order valence-electron chi connectivity index (χ2n) is 8.12. The van der Waals surface area contributed by atoms with Crippen molar-refractivity contribution in [3.8, 4) is 0 Å². The molecule has 1 aromatic carbocycles. The maximum absolute atomic E-state index is 13.0. The predicted octanol–water partition coefficient (Wildman–Crippen LogP) is 3.16. The van der Waals surface area contributed by atoms with Crippen LogP contribution in [0.4, 0.5) is 5.69 Å². The van der Waals surface area contributed by atoms with Gasteiger partial charge in [-0.3, -0.25) is 19.0 Å². The Labute approximate surface area is 181 Å². The van der Waals surface area contributed by atoms with Crippen molar-refractivity contribution in [1.29, 1.82) is 0 Å². The third kappa shape index (κ3) is 4.52. The van der Waals surface area contributed by atoms with Gasteiger partial charge in [0.1, 0.15) is 5.69 Å². The molecule has 0 aliphatic carbocycles. The van der Waals surface area contributed by atoms with Gasteiger partial charge in [-0.1, -0.05) is 12.1 Å². The maximum atomic E-state index is 13.0. The Hall–Kier alpha value is -3.42. The topological polar surface area (TPSA) is 85.0 Å². The van der Waals surface area contributed by atoms with E-state index in [1.54, 1.807) is 13.1 Å². The highest BCUT2D eigenvalue weighted by molar-refractivity contribution is 6.08. The molecule has 8 heteroatoms. The minimum Gasteiger partial charge on any atom is -0.337 e. The monoisotopic (exact) mass is 420 g/mol. The molecule has 0 unspecified atom stereocenters. The Morgan fingerprint density at radius 3 is 2.58 bits per heavy atom. The van der Waals surface area contributed by atoms with E-state index in [1.165, 1.54) is 10.9 Å². The zero-order valence-corrected chi connectivity index (χ0v) is 18.3. The number of nitrogens with one attached hydrogen (secondary N) is 1. The van der Waals surface area contributed by atoms with Gasteiger partial charge >= 0.3 is 0 Å². The van der Waals surface area contributed by atoms with Crippen LogP contribution in [0.1, 0.15) is 57.1 Å². The Morgan fingerprint density at radius 2 is 1.87 bits per heavy atom. The highest BCUT2D eigenvalue weighted by atomic mass is 16.2. The Balaban J connectivity index is 1.51. The first-order valence-electron chi connectivity index (χ1n) is 10.6. The molecule has 162 valence electrons. The van der Waals surface area contributed by atoms with E-state index in [2.05, 4.69) is 15.5 Å². The third-order valence-electron chi connectivity index (χ3n) is 5.66. The van der Waals surface area contributed by atoms with Gasteiger partial charge in [-0.2, -0.15) is 10.2 Å². The van der Waals surface area contributed by atoms with Crippen LogP contribution >= 0.6 is 0 Å². The predicted molar refractivity (Wildman–Crippen MR) is 118 cm³/mol. The Morgan fingerprint density at radius 1 is 1.10 bits per heavy atom. The fraction of sp³-hybridized carbons (Fsp3) is 0.391. The molecule has 2 amide bonds. The van der Waals surface area contributed by atoms with E-state index < -0.39 is 0 Å². The normalized spacial score (nSPS) is 14.0. The van der Waals surface area contributed by atoms with E-state index in [9.17, 15) is 9.59 Å². The van der Waals surface area contributed by atoms with Crippen molar-refractivity contribution in [1.82, 2.24) is 24.5 Å². The lowest BCUT2D eigenvalue weighted by molar-refractivity contribution is 0.0714. The van der Waals surface area contributed by atoms with Gasteiger partial charge in [0, 0.05) is 31.4 Å². The quantitative estimate of drug-likeness (QED) is 0.687. The lowest BCUT2D eigenvalue weighted by atomic mass is 10.1. The van der Waals surface area contributed by atoms with E-state index in [-0.39, 0.29) is 11.8 Å². The summed E-state index contributed by atoms with van der Waals surface area (Å²) in [5.41, 5.74) is 4.40. The average molecular weight is 421 g/mol. The average Bonchev–Trinajstić information content (AvgIpc) is 3.28. The summed E-state index contributed by atoms with van der Waals surface area (Å²) in [5, 5.41) is 11.6. The molecule has 4 rings (SSSR count). The van der Waals surface area contributed by atoms with Crippen molar-refractivity contribution < 1.29 is 9.59 Å². The lowest BCUT2D eigenvalue weighted by Gasteiger charge is -2.27. The minimum absolute atomic E-state index is 0.0896. The molecule has 1 fully saturated rings. The summed E-state index contributed by atoms with van der Waals surface area (Å²) < 4.78 is 3.45. The summed E-state index contributed by atoms with van der Waals surface area (Å²) in [4.78, 5) is 27.8. The molecule has 1 N–H and O–H groups in total. The molecule has 0 saturated carbocycles. The second kappa shape index (κ2) is 8.75. The fourth-order valence-electron chi connectivity index (χ4n) is 4.04. The number of carbonyl (C=O) groups excluding carboxylic acids is 2. The van der Waals surface area contributed by atoms with Gasteiger partial charge in [0.2, 0.25) is 0 Å². The van der Waals surface area contributed by atoms with Gasteiger partial charge in [0.05, 0.1) is 24.1 Å². The van der Waals surface area contributed by atoms with Crippen molar-refractivity contribution in [2.45, 2.75) is 39.7 Å². The van der Waals surface area contributed by atoms with Crippen LogP contribution in [0.2, 0.25) is 0 Å². The van der Waals surface area contributed by atoms with E-state index in [0.29, 0.717) is 23.5 Å². The summed E-state index contributed by atoms with van der Waals surface area (Å²) >= 11 is 0. The number of amides is 2. The molecule has 0 atom stereocenters. The SMILES string of the molecule is Cc1cc(C)n(Cc2cccc(C(=O)Nc3cnn(C)c3C(=O)N3CCCCC3)c2)n1. The number of aryl methyl sites for hydroxylation is 3. The molecule has 31 heavy (non-hydrogen) atoms. The second-order valence-corrected chi connectivity index (χ2v) is 8.12. The number of hydrogen-bond acceptors (Lipinski definition) is 4. The number of aromatic nitrogens is 4. The smallest absolute Gasteiger partial charge is 0.274 e. The number of hydrogen-bond donors (Lipinski definition) is 1. The van der Waals surface area contributed by atoms with Crippen molar-refractivity contribution in [3.05, 3.63) is 64.7 Å². The Bertz CT molecular complexity index is 1110. The van der Waals surface area contributed by atoms with Gasteiger partial charge in [-0.05, 0) is 56.9 Å². The zero-order valence-electron chi connectivity index (χ0n) is 18.3. The number of anilines is 1. The van der Waals surface area contributed by atoms with Crippen molar-refractivity contribution in [2.24, 2.45) is 7.05 Å². The highest BCUT2D eigenvalue weighted by Crippen LogP contribution is 2.20. The van der Waals surface area contributed by atoms with Gasteiger partial charge in [-0.15, -0.1) is 0 Å². The molecule has 8 nitrogen and oxygen atoms in total.